The van der Waals surface area contributed by atoms with Gasteiger partial charge in [-0.3, -0.25) is 0 Å². The summed E-state index contributed by atoms with van der Waals surface area (Å²) in [5.74, 6) is 0.696. The Kier molecular flexibility index (Phi) is 4.69. The Bertz CT molecular complexity index is 537. The Morgan fingerprint density at radius 2 is 1.90 bits per heavy atom. The summed E-state index contributed by atoms with van der Waals surface area (Å²) in [6.07, 6.45) is 1.89. The summed E-state index contributed by atoms with van der Waals surface area (Å²) in [6.45, 7) is 2.80. The van der Waals surface area contributed by atoms with E-state index in [4.69, 9.17) is 0 Å². The third-order valence-electron chi connectivity index (χ3n) is 3.43. The highest BCUT2D eigenvalue weighted by Gasteiger charge is 2.06. The van der Waals surface area contributed by atoms with Crippen molar-refractivity contribution in [3.05, 3.63) is 59.5 Å². The fourth-order valence-corrected chi connectivity index (χ4v) is 1.99. The van der Waals surface area contributed by atoms with Crippen LogP contribution in [-0.4, -0.2) is 19.1 Å². The van der Waals surface area contributed by atoms with Crippen LogP contribution in [0.1, 0.15) is 24.1 Å². The first kappa shape index (κ1) is 14.5. The van der Waals surface area contributed by atoms with Gasteiger partial charge in [0.15, 0.2) is 0 Å². The number of benzene rings is 1. The average Bonchev–Trinajstić information content (AvgIpc) is 2.49. The van der Waals surface area contributed by atoms with Crippen molar-refractivity contribution in [3.8, 4) is 0 Å². The smallest absolute Gasteiger partial charge is 0.128 e. The molecule has 1 atom stereocenters. The summed E-state index contributed by atoms with van der Waals surface area (Å²) in [6, 6.07) is 10.9. The third-order valence-corrected chi connectivity index (χ3v) is 3.43. The monoisotopic (exact) mass is 273 g/mol. The standard InChI is InChI=1S/C16H20FN3/c1-12(18-2)14-6-9-16(19-10-14)20(3)11-13-4-7-15(17)8-5-13/h4-10,12,18H,11H2,1-3H3. The van der Waals surface area contributed by atoms with Gasteiger partial charge in [-0.25, -0.2) is 9.37 Å². The molecule has 0 radical (unpaired) electrons. The molecule has 4 heteroatoms. The molecule has 20 heavy (non-hydrogen) atoms. The molecule has 106 valence electrons. The van der Waals surface area contributed by atoms with E-state index < -0.39 is 0 Å². The molecule has 1 heterocycles. The molecular formula is C16H20FN3. The molecule has 1 aromatic heterocycles. The Morgan fingerprint density at radius 3 is 2.45 bits per heavy atom. The number of aromatic nitrogens is 1. The number of nitrogens with one attached hydrogen (secondary N) is 1. The number of halogens is 1. The fourth-order valence-electron chi connectivity index (χ4n) is 1.99. The normalized spacial score (nSPS) is 12.2. The molecule has 0 aliphatic rings. The molecule has 0 amide bonds. The second kappa shape index (κ2) is 6.48. The summed E-state index contributed by atoms with van der Waals surface area (Å²) in [7, 11) is 3.91. The van der Waals surface area contributed by atoms with E-state index in [1.54, 1.807) is 12.1 Å². The molecule has 2 aromatic rings. The van der Waals surface area contributed by atoms with Crippen molar-refractivity contribution in [3.63, 3.8) is 0 Å². The van der Waals surface area contributed by atoms with Gasteiger partial charge in [-0.05, 0) is 43.3 Å². The van der Waals surface area contributed by atoms with Crippen LogP contribution in [0.25, 0.3) is 0 Å². The number of hydrogen-bond donors (Lipinski definition) is 1. The predicted molar refractivity (Wildman–Crippen MR) is 80.2 cm³/mol. The topological polar surface area (TPSA) is 28.2 Å². The predicted octanol–water partition coefficient (Wildman–Crippen LogP) is 3.14. The number of hydrogen-bond acceptors (Lipinski definition) is 3. The lowest BCUT2D eigenvalue weighted by Crippen LogP contribution is -2.18. The summed E-state index contributed by atoms with van der Waals surface area (Å²) in [5.41, 5.74) is 2.22. The van der Waals surface area contributed by atoms with Gasteiger partial charge in [-0.15, -0.1) is 0 Å². The lowest BCUT2D eigenvalue weighted by molar-refractivity contribution is 0.627. The van der Waals surface area contributed by atoms with E-state index in [1.807, 2.05) is 31.3 Å². The van der Waals surface area contributed by atoms with Gasteiger partial charge in [0, 0.05) is 25.8 Å². The molecule has 1 N–H and O–H groups in total. The van der Waals surface area contributed by atoms with Gasteiger partial charge in [0.2, 0.25) is 0 Å². The molecule has 0 aliphatic heterocycles. The maximum Gasteiger partial charge on any atom is 0.128 e. The third kappa shape index (κ3) is 3.54. The van der Waals surface area contributed by atoms with Crippen LogP contribution in [0.15, 0.2) is 42.6 Å². The van der Waals surface area contributed by atoms with Crippen molar-refractivity contribution in [2.75, 3.05) is 19.0 Å². The minimum absolute atomic E-state index is 0.208. The largest absolute Gasteiger partial charge is 0.355 e. The first-order valence-electron chi connectivity index (χ1n) is 6.69. The Hall–Kier alpha value is -1.94. The minimum Gasteiger partial charge on any atom is -0.355 e. The molecule has 0 fully saturated rings. The maximum atomic E-state index is 12.9. The fraction of sp³-hybridized carbons (Fsp3) is 0.312. The Morgan fingerprint density at radius 1 is 1.20 bits per heavy atom. The van der Waals surface area contributed by atoms with Crippen LogP contribution >= 0.6 is 0 Å². The van der Waals surface area contributed by atoms with E-state index >= 15 is 0 Å². The number of rotatable bonds is 5. The molecule has 0 bridgehead atoms. The van der Waals surface area contributed by atoms with Crippen molar-refractivity contribution in [2.45, 2.75) is 19.5 Å². The Labute approximate surface area is 119 Å². The van der Waals surface area contributed by atoms with Crippen LogP contribution in [0.3, 0.4) is 0 Å². The van der Waals surface area contributed by atoms with Gasteiger partial charge in [-0.1, -0.05) is 18.2 Å². The highest BCUT2D eigenvalue weighted by molar-refractivity contribution is 5.40. The maximum absolute atomic E-state index is 12.9. The van der Waals surface area contributed by atoms with E-state index in [0.717, 1.165) is 16.9 Å². The number of anilines is 1. The van der Waals surface area contributed by atoms with E-state index in [0.29, 0.717) is 12.6 Å². The zero-order valence-corrected chi connectivity index (χ0v) is 12.1. The summed E-state index contributed by atoms with van der Waals surface area (Å²) in [4.78, 5) is 6.52. The van der Waals surface area contributed by atoms with E-state index in [1.165, 1.54) is 12.1 Å². The van der Waals surface area contributed by atoms with Crippen molar-refractivity contribution < 1.29 is 4.39 Å². The Balaban J connectivity index is 2.05. The second-order valence-corrected chi connectivity index (χ2v) is 4.94. The van der Waals surface area contributed by atoms with Crippen LogP contribution in [0.5, 0.6) is 0 Å². The first-order chi connectivity index (χ1) is 9.60. The number of pyridine rings is 1. The first-order valence-corrected chi connectivity index (χ1v) is 6.69. The van der Waals surface area contributed by atoms with Crippen LogP contribution in [0, 0.1) is 5.82 Å². The zero-order chi connectivity index (χ0) is 14.5. The minimum atomic E-state index is -0.208. The molecule has 1 unspecified atom stereocenters. The van der Waals surface area contributed by atoms with Crippen LogP contribution in [0.4, 0.5) is 10.2 Å². The van der Waals surface area contributed by atoms with E-state index in [9.17, 15) is 4.39 Å². The highest BCUT2D eigenvalue weighted by Crippen LogP contribution is 2.16. The highest BCUT2D eigenvalue weighted by atomic mass is 19.1. The van der Waals surface area contributed by atoms with Gasteiger partial charge in [0.1, 0.15) is 11.6 Å². The molecule has 1 aromatic carbocycles. The lowest BCUT2D eigenvalue weighted by Gasteiger charge is -2.19. The van der Waals surface area contributed by atoms with Gasteiger partial charge in [-0.2, -0.15) is 0 Å². The molecule has 0 saturated carbocycles. The SMILES string of the molecule is CNC(C)c1ccc(N(C)Cc2ccc(F)cc2)nc1. The van der Waals surface area contributed by atoms with Crippen LogP contribution in [-0.2, 0) is 6.54 Å². The number of nitrogens with zero attached hydrogens (tertiary/aromatic N) is 2. The van der Waals surface area contributed by atoms with Crippen molar-refractivity contribution in [1.29, 1.82) is 0 Å². The summed E-state index contributed by atoms with van der Waals surface area (Å²) in [5, 5.41) is 3.19. The molecule has 3 nitrogen and oxygen atoms in total. The molecule has 0 spiro atoms. The summed E-state index contributed by atoms with van der Waals surface area (Å²) < 4.78 is 12.9. The van der Waals surface area contributed by atoms with Crippen LogP contribution < -0.4 is 10.2 Å². The van der Waals surface area contributed by atoms with Crippen molar-refractivity contribution in [2.24, 2.45) is 0 Å². The van der Waals surface area contributed by atoms with Gasteiger partial charge >= 0.3 is 0 Å². The van der Waals surface area contributed by atoms with E-state index in [-0.39, 0.29) is 5.82 Å². The molecule has 0 saturated heterocycles. The van der Waals surface area contributed by atoms with Gasteiger partial charge < -0.3 is 10.2 Å². The van der Waals surface area contributed by atoms with Crippen molar-refractivity contribution >= 4 is 5.82 Å². The lowest BCUT2D eigenvalue weighted by atomic mass is 10.1. The summed E-state index contributed by atoms with van der Waals surface area (Å²) >= 11 is 0. The van der Waals surface area contributed by atoms with E-state index in [2.05, 4.69) is 23.3 Å². The molecular weight excluding hydrogens is 253 g/mol. The van der Waals surface area contributed by atoms with Crippen LogP contribution in [0.2, 0.25) is 0 Å². The van der Waals surface area contributed by atoms with Crippen molar-refractivity contribution in [1.82, 2.24) is 10.3 Å². The molecule has 2 rings (SSSR count). The second-order valence-electron chi connectivity index (χ2n) is 4.94. The van der Waals surface area contributed by atoms with Gasteiger partial charge in [0.25, 0.3) is 0 Å². The zero-order valence-electron chi connectivity index (χ0n) is 12.1. The quantitative estimate of drug-likeness (QED) is 0.907. The molecule has 0 aliphatic carbocycles. The van der Waals surface area contributed by atoms with Gasteiger partial charge in [0.05, 0.1) is 0 Å². The average molecular weight is 273 g/mol.